The van der Waals surface area contributed by atoms with E-state index in [-0.39, 0.29) is 16.4 Å². The number of carbonyl (C=O) groups is 1. The molecule has 0 radical (unpaired) electrons. The van der Waals surface area contributed by atoms with Gasteiger partial charge in [0.2, 0.25) is 0 Å². The first kappa shape index (κ1) is 13.7. The van der Waals surface area contributed by atoms with Crippen LogP contribution in [0.15, 0.2) is 53.4 Å². The number of hydrogen-bond acceptors (Lipinski definition) is 3. The number of rotatable bonds is 3. The third-order valence-electron chi connectivity index (χ3n) is 2.51. The van der Waals surface area contributed by atoms with Crippen LogP contribution in [0.1, 0.15) is 15.9 Å². The minimum absolute atomic E-state index is 0.132. The molecule has 2 aromatic carbocycles. The van der Waals surface area contributed by atoms with Crippen molar-refractivity contribution >= 4 is 27.5 Å². The maximum absolute atomic E-state index is 12.1. The van der Waals surface area contributed by atoms with E-state index in [4.69, 9.17) is 16.2 Å². The van der Waals surface area contributed by atoms with Gasteiger partial charge in [-0.05, 0) is 18.2 Å². The first-order valence-corrected chi connectivity index (χ1v) is 7.08. The van der Waals surface area contributed by atoms with Gasteiger partial charge in [-0.2, -0.15) is 8.42 Å². The van der Waals surface area contributed by atoms with Crippen molar-refractivity contribution in [2.75, 3.05) is 0 Å². The lowest BCUT2D eigenvalue weighted by Gasteiger charge is -2.05. The Hall–Kier alpha value is -1.69. The van der Waals surface area contributed by atoms with Crippen LogP contribution in [0.4, 0.5) is 0 Å². The lowest BCUT2D eigenvalue weighted by atomic mass is 10.0. The van der Waals surface area contributed by atoms with Crippen LogP contribution in [0.5, 0.6) is 0 Å². The number of carbonyl (C=O) groups excluding carboxylic acids is 1. The molecule has 1 N–H and O–H groups in total. The first-order valence-electron chi connectivity index (χ1n) is 5.26. The monoisotopic (exact) mass is 296 g/mol. The van der Waals surface area contributed by atoms with Crippen LogP contribution in [0.3, 0.4) is 0 Å². The van der Waals surface area contributed by atoms with Crippen LogP contribution in [0.25, 0.3) is 0 Å². The molecule has 0 saturated carbocycles. The summed E-state index contributed by atoms with van der Waals surface area (Å²) in [6.07, 6.45) is 0. The number of halogens is 1. The highest BCUT2D eigenvalue weighted by atomic mass is 35.5. The Morgan fingerprint density at radius 1 is 1.00 bits per heavy atom. The van der Waals surface area contributed by atoms with Crippen molar-refractivity contribution in [3.8, 4) is 0 Å². The molecule has 0 aliphatic heterocycles. The SMILES string of the molecule is O=C(c1ccccc1)c1ccc(Cl)c(S(=O)(=O)O)c1. The molecule has 0 fully saturated rings. The van der Waals surface area contributed by atoms with Crippen molar-refractivity contribution < 1.29 is 17.8 Å². The van der Waals surface area contributed by atoms with Crippen molar-refractivity contribution in [2.24, 2.45) is 0 Å². The first-order chi connectivity index (χ1) is 8.89. The molecule has 0 unspecified atom stereocenters. The molecule has 0 bridgehead atoms. The van der Waals surface area contributed by atoms with E-state index in [0.29, 0.717) is 5.56 Å². The topological polar surface area (TPSA) is 71.4 Å². The van der Waals surface area contributed by atoms with Crippen LogP contribution in [-0.2, 0) is 10.1 Å². The third kappa shape index (κ3) is 3.01. The zero-order valence-corrected chi connectivity index (χ0v) is 11.1. The smallest absolute Gasteiger partial charge is 0.289 e. The summed E-state index contributed by atoms with van der Waals surface area (Å²) in [5.74, 6) is -0.345. The molecule has 0 heterocycles. The van der Waals surface area contributed by atoms with Crippen molar-refractivity contribution in [3.63, 3.8) is 0 Å². The van der Waals surface area contributed by atoms with E-state index in [9.17, 15) is 13.2 Å². The molecular weight excluding hydrogens is 288 g/mol. The van der Waals surface area contributed by atoms with Gasteiger partial charge >= 0.3 is 0 Å². The summed E-state index contributed by atoms with van der Waals surface area (Å²) < 4.78 is 31.3. The molecule has 0 amide bonds. The molecule has 2 aromatic rings. The Morgan fingerprint density at radius 2 is 1.63 bits per heavy atom. The van der Waals surface area contributed by atoms with Crippen LogP contribution in [0, 0.1) is 0 Å². The highest BCUT2D eigenvalue weighted by molar-refractivity contribution is 7.86. The van der Waals surface area contributed by atoms with Gasteiger partial charge in [0.25, 0.3) is 10.1 Å². The zero-order chi connectivity index (χ0) is 14.0. The van der Waals surface area contributed by atoms with E-state index >= 15 is 0 Å². The van der Waals surface area contributed by atoms with Gasteiger partial charge in [0, 0.05) is 11.1 Å². The molecule has 6 heteroatoms. The van der Waals surface area contributed by atoms with Crippen LogP contribution in [0.2, 0.25) is 5.02 Å². The fraction of sp³-hybridized carbons (Fsp3) is 0. The van der Waals surface area contributed by atoms with Crippen molar-refractivity contribution in [1.29, 1.82) is 0 Å². The standard InChI is InChI=1S/C13H9ClO4S/c14-11-7-6-10(8-12(11)19(16,17)18)13(15)9-4-2-1-3-5-9/h1-8H,(H,16,17,18). The molecule has 0 spiro atoms. The van der Waals surface area contributed by atoms with E-state index in [0.717, 1.165) is 6.07 Å². The quantitative estimate of drug-likeness (QED) is 0.698. The fourth-order valence-electron chi connectivity index (χ4n) is 1.60. The lowest BCUT2D eigenvalue weighted by Crippen LogP contribution is -2.05. The lowest BCUT2D eigenvalue weighted by molar-refractivity contribution is 0.103. The summed E-state index contributed by atoms with van der Waals surface area (Å²) in [7, 11) is -4.46. The minimum atomic E-state index is -4.46. The van der Waals surface area contributed by atoms with Crippen LogP contribution >= 0.6 is 11.6 Å². The normalized spacial score (nSPS) is 11.3. The highest BCUT2D eigenvalue weighted by Crippen LogP contribution is 2.23. The van der Waals surface area contributed by atoms with Crippen molar-refractivity contribution in [1.82, 2.24) is 0 Å². The second-order valence-electron chi connectivity index (χ2n) is 3.82. The summed E-state index contributed by atoms with van der Waals surface area (Å²) in [6.45, 7) is 0. The molecule has 98 valence electrons. The average molecular weight is 297 g/mol. The number of hydrogen-bond donors (Lipinski definition) is 1. The summed E-state index contributed by atoms with van der Waals surface area (Å²) >= 11 is 5.68. The van der Waals surface area contributed by atoms with Gasteiger partial charge in [0.15, 0.2) is 5.78 Å². The van der Waals surface area contributed by atoms with E-state index in [1.165, 1.54) is 12.1 Å². The van der Waals surface area contributed by atoms with Gasteiger partial charge in [-0.15, -0.1) is 0 Å². The summed E-state index contributed by atoms with van der Waals surface area (Å²) in [4.78, 5) is 11.6. The summed E-state index contributed by atoms with van der Waals surface area (Å²) in [6, 6.07) is 12.1. The number of benzene rings is 2. The Kier molecular flexibility index (Phi) is 3.71. The Labute approximate surface area is 115 Å². The zero-order valence-electron chi connectivity index (χ0n) is 9.58. The second kappa shape index (κ2) is 5.13. The number of ketones is 1. The van der Waals surface area contributed by atoms with Gasteiger partial charge in [0.1, 0.15) is 4.90 Å². The van der Waals surface area contributed by atoms with Gasteiger partial charge in [-0.1, -0.05) is 41.9 Å². The Bertz CT molecular complexity index is 724. The fourth-order valence-corrected chi connectivity index (χ4v) is 2.60. The Morgan fingerprint density at radius 3 is 2.21 bits per heavy atom. The maximum Gasteiger partial charge on any atom is 0.296 e. The molecule has 19 heavy (non-hydrogen) atoms. The van der Waals surface area contributed by atoms with E-state index in [1.807, 2.05) is 0 Å². The Balaban J connectivity index is 2.51. The van der Waals surface area contributed by atoms with Gasteiger partial charge in [-0.3, -0.25) is 9.35 Å². The van der Waals surface area contributed by atoms with E-state index in [1.54, 1.807) is 30.3 Å². The molecule has 0 aliphatic carbocycles. The van der Waals surface area contributed by atoms with Crippen molar-refractivity contribution in [2.45, 2.75) is 4.90 Å². The minimum Gasteiger partial charge on any atom is -0.289 e. The molecular formula is C13H9ClO4S. The maximum atomic E-state index is 12.1. The van der Waals surface area contributed by atoms with Gasteiger partial charge in [-0.25, -0.2) is 0 Å². The van der Waals surface area contributed by atoms with Crippen LogP contribution < -0.4 is 0 Å². The second-order valence-corrected chi connectivity index (χ2v) is 5.61. The molecule has 0 atom stereocenters. The molecule has 4 nitrogen and oxygen atoms in total. The van der Waals surface area contributed by atoms with E-state index < -0.39 is 15.0 Å². The third-order valence-corrected chi connectivity index (χ3v) is 3.84. The van der Waals surface area contributed by atoms with Crippen LogP contribution in [-0.4, -0.2) is 18.8 Å². The summed E-state index contributed by atoms with van der Waals surface area (Å²) in [5.41, 5.74) is 0.564. The largest absolute Gasteiger partial charge is 0.296 e. The van der Waals surface area contributed by atoms with E-state index in [2.05, 4.69) is 0 Å². The van der Waals surface area contributed by atoms with Crippen molar-refractivity contribution in [3.05, 3.63) is 64.7 Å². The van der Waals surface area contributed by atoms with Gasteiger partial charge < -0.3 is 0 Å². The molecule has 0 saturated heterocycles. The van der Waals surface area contributed by atoms with Gasteiger partial charge in [0.05, 0.1) is 5.02 Å². The predicted molar refractivity (Wildman–Crippen MR) is 71.1 cm³/mol. The molecule has 0 aliphatic rings. The average Bonchev–Trinajstić information content (AvgIpc) is 2.38. The predicted octanol–water partition coefficient (Wildman–Crippen LogP) is 2.82. The molecule has 0 aromatic heterocycles. The molecule has 2 rings (SSSR count). The summed E-state index contributed by atoms with van der Waals surface area (Å²) in [5, 5.41) is -0.132. The highest BCUT2D eigenvalue weighted by Gasteiger charge is 2.18.